The van der Waals surface area contributed by atoms with Crippen molar-refractivity contribution in [3.05, 3.63) is 29.3 Å². The van der Waals surface area contributed by atoms with Crippen molar-refractivity contribution >= 4 is 22.4 Å². The molecule has 0 aromatic heterocycles. The number of hydrogen-bond donors (Lipinski definition) is 1. The Morgan fingerprint density at radius 2 is 1.71 bits per heavy atom. The molecule has 2 nitrogen and oxygen atoms in total. The topological polar surface area (TPSA) is 43.1 Å². The second-order valence-corrected chi connectivity index (χ2v) is 6.13. The number of hydrogen-bond acceptors (Lipinski definition) is 2. The van der Waals surface area contributed by atoms with Gasteiger partial charge in [0.1, 0.15) is 0 Å². The maximum Gasteiger partial charge on any atom is 0.417 e. The first-order valence-corrected chi connectivity index (χ1v) is 7.23. The van der Waals surface area contributed by atoms with Gasteiger partial charge in [0.2, 0.25) is 0 Å². The highest BCUT2D eigenvalue weighted by Gasteiger charge is 2.39. The van der Waals surface area contributed by atoms with Gasteiger partial charge in [0, 0.05) is 12.3 Å². The van der Waals surface area contributed by atoms with Crippen molar-refractivity contribution in [1.82, 2.24) is 0 Å². The standard InChI is InChI=1S/C11H10ClF6NOS/c12-7(4-19)5-21(20)9-2-1-6(10(13,14)15)3-8(9)11(16,17)18/h1-3,7H,4-5,19H2. The number of alkyl halides is 7. The van der Waals surface area contributed by atoms with Crippen molar-refractivity contribution in [2.45, 2.75) is 22.6 Å². The molecule has 0 heterocycles. The summed E-state index contributed by atoms with van der Waals surface area (Å²) in [5.74, 6) is -0.382. The van der Waals surface area contributed by atoms with Crippen molar-refractivity contribution in [2.24, 2.45) is 5.73 Å². The Hall–Kier alpha value is -0.800. The molecule has 1 aromatic carbocycles. The van der Waals surface area contributed by atoms with Crippen LogP contribution in [0.25, 0.3) is 0 Å². The van der Waals surface area contributed by atoms with Crippen LogP contribution in [0.2, 0.25) is 0 Å². The van der Waals surface area contributed by atoms with Gasteiger partial charge >= 0.3 is 12.4 Å². The Morgan fingerprint density at radius 1 is 1.14 bits per heavy atom. The molecular weight excluding hydrogens is 344 g/mol. The van der Waals surface area contributed by atoms with Crippen LogP contribution in [-0.4, -0.2) is 21.9 Å². The quantitative estimate of drug-likeness (QED) is 0.666. The van der Waals surface area contributed by atoms with Gasteiger partial charge in [0.05, 0.1) is 32.2 Å². The molecule has 0 bridgehead atoms. The van der Waals surface area contributed by atoms with E-state index in [4.69, 9.17) is 17.3 Å². The molecule has 2 N–H and O–H groups in total. The second-order valence-electron chi connectivity index (χ2n) is 4.05. The fraction of sp³-hybridized carbons (Fsp3) is 0.455. The largest absolute Gasteiger partial charge is 0.417 e. The van der Waals surface area contributed by atoms with Crippen LogP contribution in [0.4, 0.5) is 26.3 Å². The molecule has 0 amide bonds. The molecule has 0 fully saturated rings. The molecule has 21 heavy (non-hydrogen) atoms. The van der Waals surface area contributed by atoms with Crippen LogP contribution >= 0.6 is 11.6 Å². The van der Waals surface area contributed by atoms with Gasteiger partial charge in [0.15, 0.2) is 0 Å². The average molecular weight is 354 g/mol. The first-order valence-electron chi connectivity index (χ1n) is 5.47. The molecule has 0 spiro atoms. The fourth-order valence-electron chi connectivity index (χ4n) is 1.45. The van der Waals surface area contributed by atoms with E-state index in [1.165, 1.54) is 0 Å². The summed E-state index contributed by atoms with van der Waals surface area (Å²) in [6, 6.07) is 0.953. The van der Waals surface area contributed by atoms with E-state index in [0.29, 0.717) is 12.1 Å². The van der Waals surface area contributed by atoms with Gasteiger partial charge < -0.3 is 5.73 Å². The third kappa shape index (κ3) is 4.86. The normalized spacial score (nSPS) is 15.8. The Labute approximate surface area is 123 Å². The highest BCUT2D eigenvalue weighted by molar-refractivity contribution is 7.85. The first-order chi connectivity index (χ1) is 9.46. The summed E-state index contributed by atoms with van der Waals surface area (Å²) in [5.41, 5.74) is 2.12. The van der Waals surface area contributed by atoms with Crippen molar-refractivity contribution < 1.29 is 30.6 Å². The fourth-order valence-corrected chi connectivity index (χ4v) is 3.08. The minimum Gasteiger partial charge on any atom is -0.329 e. The highest BCUT2D eigenvalue weighted by Crippen LogP contribution is 2.38. The molecule has 0 aliphatic rings. The van der Waals surface area contributed by atoms with E-state index in [-0.39, 0.29) is 18.4 Å². The lowest BCUT2D eigenvalue weighted by molar-refractivity contribution is -0.144. The predicted octanol–water partition coefficient (Wildman–Crippen LogP) is 3.40. The molecule has 2 atom stereocenters. The van der Waals surface area contributed by atoms with E-state index < -0.39 is 44.6 Å². The van der Waals surface area contributed by atoms with E-state index in [9.17, 15) is 30.6 Å². The number of halogens is 7. The molecule has 0 aliphatic heterocycles. The Morgan fingerprint density at radius 3 is 2.14 bits per heavy atom. The van der Waals surface area contributed by atoms with E-state index in [2.05, 4.69) is 0 Å². The van der Waals surface area contributed by atoms with Crippen molar-refractivity contribution in [2.75, 3.05) is 12.3 Å². The van der Waals surface area contributed by atoms with Crippen LogP contribution in [-0.2, 0) is 23.2 Å². The summed E-state index contributed by atoms with van der Waals surface area (Å²) >= 11 is 5.60. The lowest BCUT2D eigenvalue weighted by atomic mass is 10.1. The van der Waals surface area contributed by atoms with E-state index in [1.54, 1.807) is 0 Å². The average Bonchev–Trinajstić information content (AvgIpc) is 2.35. The molecule has 0 saturated heterocycles. The smallest absolute Gasteiger partial charge is 0.329 e. The minimum absolute atomic E-state index is 0.0566. The van der Waals surface area contributed by atoms with Gasteiger partial charge in [-0.2, -0.15) is 26.3 Å². The minimum atomic E-state index is -5.06. The van der Waals surface area contributed by atoms with E-state index >= 15 is 0 Å². The van der Waals surface area contributed by atoms with Crippen LogP contribution in [0.1, 0.15) is 11.1 Å². The Bertz CT molecular complexity index is 530. The zero-order chi connectivity index (χ0) is 16.4. The van der Waals surface area contributed by atoms with Crippen molar-refractivity contribution in [3.63, 3.8) is 0 Å². The summed E-state index contributed by atoms with van der Waals surface area (Å²) in [6.07, 6.45) is -9.98. The van der Waals surface area contributed by atoms with Crippen LogP contribution < -0.4 is 5.73 Å². The number of benzene rings is 1. The molecule has 1 rings (SSSR count). The molecule has 2 unspecified atom stereocenters. The number of rotatable bonds is 4. The van der Waals surface area contributed by atoms with Crippen LogP contribution in [0, 0.1) is 0 Å². The van der Waals surface area contributed by atoms with Crippen LogP contribution in [0.3, 0.4) is 0 Å². The summed E-state index contributed by atoms with van der Waals surface area (Å²) in [6.45, 7) is -0.116. The van der Waals surface area contributed by atoms with Gasteiger partial charge in [0.25, 0.3) is 0 Å². The summed E-state index contributed by atoms with van der Waals surface area (Å²) in [5, 5.41) is -0.839. The third-order valence-corrected chi connectivity index (χ3v) is 4.51. The zero-order valence-electron chi connectivity index (χ0n) is 10.3. The van der Waals surface area contributed by atoms with Gasteiger partial charge in [-0.25, -0.2) is 0 Å². The monoisotopic (exact) mass is 353 g/mol. The second kappa shape index (κ2) is 6.53. The maximum atomic E-state index is 12.8. The zero-order valence-corrected chi connectivity index (χ0v) is 11.8. The SMILES string of the molecule is NCC(Cl)CS(=O)c1ccc(C(F)(F)F)cc1C(F)(F)F. The summed E-state index contributed by atoms with van der Waals surface area (Å²) < 4.78 is 87.8. The molecule has 1 aromatic rings. The third-order valence-electron chi connectivity index (χ3n) is 2.45. The van der Waals surface area contributed by atoms with Gasteiger partial charge in [-0.05, 0) is 18.2 Å². The Kier molecular flexibility index (Phi) is 5.68. The summed E-state index contributed by atoms with van der Waals surface area (Å²) in [4.78, 5) is -0.741. The predicted molar refractivity (Wildman–Crippen MR) is 66.4 cm³/mol. The van der Waals surface area contributed by atoms with Crippen molar-refractivity contribution in [1.29, 1.82) is 0 Å². The van der Waals surface area contributed by atoms with Gasteiger partial charge in [-0.15, -0.1) is 11.6 Å². The molecular formula is C11H10ClF6NOS. The van der Waals surface area contributed by atoms with Crippen molar-refractivity contribution in [3.8, 4) is 0 Å². The Balaban J connectivity index is 3.30. The number of nitrogens with two attached hydrogens (primary N) is 1. The van der Waals surface area contributed by atoms with E-state index in [0.717, 1.165) is 0 Å². The van der Waals surface area contributed by atoms with Crippen LogP contribution in [0.5, 0.6) is 0 Å². The molecule has 0 saturated carbocycles. The molecule has 10 heteroatoms. The molecule has 0 radical (unpaired) electrons. The summed E-state index contributed by atoms with van der Waals surface area (Å²) in [7, 11) is -2.21. The van der Waals surface area contributed by atoms with Gasteiger partial charge in [-0.1, -0.05) is 0 Å². The molecule has 0 aliphatic carbocycles. The lowest BCUT2D eigenvalue weighted by Gasteiger charge is -2.16. The molecule has 120 valence electrons. The lowest BCUT2D eigenvalue weighted by Crippen LogP contribution is -2.22. The maximum absolute atomic E-state index is 12.8. The first kappa shape index (κ1) is 18.2. The van der Waals surface area contributed by atoms with Gasteiger partial charge in [-0.3, -0.25) is 4.21 Å². The highest BCUT2D eigenvalue weighted by atomic mass is 35.5. The van der Waals surface area contributed by atoms with Crippen LogP contribution in [0.15, 0.2) is 23.1 Å². The van der Waals surface area contributed by atoms with E-state index in [1.807, 2.05) is 0 Å².